The summed E-state index contributed by atoms with van der Waals surface area (Å²) in [5.41, 5.74) is 2.09. The molecule has 1 aromatic heterocycles. The number of hydrogen-bond acceptors (Lipinski definition) is 4. The van der Waals surface area contributed by atoms with Gasteiger partial charge in [0.05, 0.1) is 17.1 Å². The van der Waals surface area contributed by atoms with Gasteiger partial charge in [-0.15, -0.1) is 0 Å². The van der Waals surface area contributed by atoms with Gasteiger partial charge in [-0.25, -0.2) is 9.37 Å². The number of aromatic nitrogens is 1. The molecule has 1 amide bonds. The number of carbonyl (C=O) groups is 1. The SMILES string of the molecule is O=C(Nc1ccc(-c2cnco2)c(Cl)c1)C1COc2cc(F)ccc2C1. The van der Waals surface area contributed by atoms with Crippen molar-refractivity contribution in [2.24, 2.45) is 5.92 Å². The van der Waals surface area contributed by atoms with Crippen molar-refractivity contribution in [3.8, 4) is 17.1 Å². The van der Waals surface area contributed by atoms with Crippen molar-refractivity contribution in [3.05, 3.63) is 65.4 Å². The second kappa shape index (κ2) is 6.80. The van der Waals surface area contributed by atoms with Crippen LogP contribution in [-0.2, 0) is 11.2 Å². The summed E-state index contributed by atoms with van der Waals surface area (Å²) in [5.74, 6) is 0.156. The maximum Gasteiger partial charge on any atom is 0.231 e. The third-order valence-electron chi connectivity index (χ3n) is 4.24. The molecule has 0 saturated carbocycles. The molecule has 1 aliphatic rings. The number of amides is 1. The zero-order valence-electron chi connectivity index (χ0n) is 13.5. The summed E-state index contributed by atoms with van der Waals surface area (Å²) in [6.07, 6.45) is 3.39. The van der Waals surface area contributed by atoms with Crippen LogP contribution in [0.15, 0.2) is 53.4 Å². The second-order valence-electron chi connectivity index (χ2n) is 6.01. The highest BCUT2D eigenvalue weighted by Gasteiger charge is 2.26. The Kier molecular flexibility index (Phi) is 4.34. The van der Waals surface area contributed by atoms with E-state index >= 15 is 0 Å². The van der Waals surface area contributed by atoms with E-state index in [1.807, 2.05) is 0 Å². The topological polar surface area (TPSA) is 64.4 Å². The summed E-state index contributed by atoms with van der Waals surface area (Å²) in [7, 11) is 0. The van der Waals surface area contributed by atoms with Crippen molar-refractivity contribution in [1.82, 2.24) is 4.98 Å². The lowest BCUT2D eigenvalue weighted by Gasteiger charge is -2.24. The number of benzene rings is 2. The highest BCUT2D eigenvalue weighted by atomic mass is 35.5. The van der Waals surface area contributed by atoms with Crippen molar-refractivity contribution < 1.29 is 18.3 Å². The minimum absolute atomic E-state index is 0.177. The molecule has 1 unspecified atom stereocenters. The number of hydrogen-bond donors (Lipinski definition) is 1. The van der Waals surface area contributed by atoms with E-state index in [9.17, 15) is 9.18 Å². The average molecular weight is 373 g/mol. The van der Waals surface area contributed by atoms with Crippen LogP contribution in [0.1, 0.15) is 5.56 Å². The lowest BCUT2D eigenvalue weighted by atomic mass is 9.96. The molecule has 2 aromatic carbocycles. The van der Waals surface area contributed by atoms with Gasteiger partial charge in [0.1, 0.15) is 18.2 Å². The van der Waals surface area contributed by atoms with E-state index < -0.39 is 0 Å². The minimum Gasteiger partial charge on any atom is -0.492 e. The number of fused-ring (bicyclic) bond motifs is 1. The lowest BCUT2D eigenvalue weighted by molar-refractivity contribution is -0.121. The Balaban J connectivity index is 1.47. The molecule has 0 bridgehead atoms. The quantitative estimate of drug-likeness (QED) is 0.743. The van der Waals surface area contributed by atoms with Gasteiger partial charge in [0.15, 0.2) is 12.2 Å². The van der Waals surface area contributed by atoms with Gasteiger partial charge in [0.25, 0.3) is 0 Å². The summed E-state index contributed by atoms with van der Waals surface area (Å²) in [4.78, 5) is 16.4. The molecule has 1 N–H and O–H groups in total. The Labute approximate surface area is 153 Å². The van der Waals surface area contributed by atoms with Crippen LogP contribution < -0.4 is 10.1 Å². The van der Waals surface area contributed by atoms with Gasteiger partial charge in [-0.2, -0.15) is 0 Å². The van der Waals surface area contributed by atoms with Gasteiger partial charge in [-0.1, -0.05) is 17.7 Å². The molecule has 0 aliphatic carbocycles. The third-order valence-corrected chi connectivity index (χ3v) is 4.55. The van der Waals surface area contributed by atoms with Gasteiger partial charge in [-0.05, 0) is 36.2 Å². The molecule has 1 aliphatic heterocycles. The highest BCUT2D eigenvalue weighted by molar-refractivity contribution is 6.33. The Morgan fingerprint density at radius 3 is 2.92 bits per heavy atom. The molecule has 0 spiro atoms. The van der Waals surface area contributed by atoms with E-state index in [0.29, 0.717) is 34.2 Å². The van der Waals surface area contributed by atoms with Crippen LogP contribution in [0, 0.1) is 11.7 Å². The fourth-order valence-electron chi connectivity index (χ4n) is 2.90. The van der Waals surface area contributed by atoms with Crippen molar-refractivity contribution >= 4 is 23.2 Å². The normalized spacial score (nSPS) is 15.8. The van der Waals surface area contributed by atoms with Crippen LogP contribution in [0.25, 0.3) is 11.3 Å². The van der Waals surface area contributed by atoms with Crippen LogP contribution in [0.3, 0.4) is 0 Å². The van der Waals surface area contributed by atoms with Crippen molar-refractivity contribution in [2.75, 3.05) is 11.9 Å². The first-order valence-electron chi connectivity index (χ1n) is 8.00. The van der Waals surface area contributed by atoms with E-state index in [1.165, 1.54) is 18.5 Å². The first kappa shape index (κ1) is 16.6. The zero-order valence-corrected chi connectivity index (χ0v) is 14.3. The highest BCUT2D eigenvalue weighted by Crippen LogP contribution is 2.31. The number of anilines is 1. The smallest absolute Gasteiger partial charge is 0.231 e. The third kappa shape index (κ3) is 3.28. The average Bonchev–Trinajstić information content (AvgIpc) is 3.15. The summed E-state index contributed by atoms with van der Waals surface area (Å²) in [6.45, 7) is 0.201. The monoisotopic (exact) mass is 372 g/mol. The molecule has 2 heterocycles. The maximum atomic E-state index is 13.2. The van der Waals surface area contributed by atoms with E-state index in [2.05, 4.69) is 10.3 Å². The summed E-state index contributed by atoms with van der Waals surface area (Å²) < 4.78 is 24.0. The largest absolute Gasteiger partial charge is 0.492 e. The molecule has 3 aromatic rings. The lowest BCUT2D eigenvalue weighted by Crippen LogP contribution is -2.32. The Hall–Kier alpha value is -2.86. The Bertz CT molecular complexity index is 959. The standard InChI is InChI=1S/C19H14ClFN2O3/c20-16-7-14(3-4-15(16)18-8-22-10-26-18)23-19(24)12-5-11-1-2-13(21)6-17(11)25-9-12/h1-4,6-8,10,12H,5,9H2,(H,23,24). The molecule has 0 fully saturated rings. The van der Waals surface area contributed by atoms with E-state index in [0.717, 1.165) is 5.56 Å². The number of nitrogens with zero attached hydrogens (tertiary/aromatic N) is 1. The molecule has 26 heavy (non-hydrogen) atoms. The van der Waals surface area contributed by atoms with Gasteiger partial charge >= 0.3 is 0 Å². The van der Waals surface area contributed by atoms with Crippen LogP contribution in [0.2, 0.25) is 5.02 Å². The van der Waals surface area contributed by atoms with Crippen molar-refractivity contribution in [1.29, 1.82) is 0 Å². The molecular formula is C19H14ClFN2O3. The number of oxazole rings is 1. The number of rotatable bonds is 3. The Morgan fingerprint density at radius 2 is 2.15 bits per heavy atom. The predicted octanol–water partition coefficient (Wildman–Crippen LogP) is 4.32. The molecule has 4 rings (SSSR count). The molecule has 1 atom stereocenters. The summed E-state index contributed by atoms with van der Waals surface area (Å²) in [6, 6.07) is 9.51. The zero-order chi connectivity index (χ0) is 18.1. The van der Waals surface area contributed by atoms with Crippen molar-refractivity contribution in [3.63, 3.8) is 0 Å². The maximum absolute atomic E-state index is 13.2. The number of ether oxygens (including phenoxy) is 1. The first-order valence-corrected chi connectivity index (χ1v) is 8.38. The van der Waals surface area contributed by atoms with Gasteiger partial charge < -0.3 is 14.5 Å². The molecular weight excluding hydrogens is 359 g/mol. The number of carbonyl (C=O) groups excluding carboxylic acids is 1. The molecule has 132 valence electrons. The second-order valence-corrected chi connectivity index (χ2v) is 6.42. The van der Waals surface area contributed by atoms with Gasteiger partial charge in [0, 0.05) is 17.3 Å². The fraction of sp³-hybridized carbons (Fsp3) is 0.158. The van der Waals surface area contributed by atoms with Crippen LogP contribution in [0.5, 0.6) is 5.75 Å². The molecule has 5 nitrogen and oxygen atoms in total. The van der Waals surface area contributed by atoms with Crippen LogP contribution >= 0.6 is 11.6 Å². The van der Waals surface area contributed by atoms with Crippen LogP contribution in [0.4, 0.5) is 10.1 Å². The van der Waals surface area contributed by atoms with Gasteiger partial charge in [0.2, 0.25) is 5.91 Å². The van der Waals surface area contributed by atoms with Crippen molar-refractivity contribution in [2.45, 2.75) is 6.42 Å². The molecule has 7 heteroatoms. The predicted molar refractivity (Wildman–Crippen MR) is 94.7 cm³/mol. The minimum atomic E-state index is -0.360. The number of halogens is 2. The van der Waals surface area contributed by atoms with E-state index in [4.69, 9.17) is 20.8 Å². The molecule has 0 radical (unpaired) electrons. The summed E-state index contributed by atoms with van der Waals surface area (Å²) in [5, 5.41) is 3.29. The number of nitrogens with one attached hydrogen (secondary N) is 1. The summed E-state index contributed by atoms with van der Waals surface area (Å²) >= 11 is 6.27. The molecule has 0 saturated heterocycles. The fourth-order valence-corrected chi connectivity index (χ4v) is 3.17. The Morgan fingerprint density at radius 1 is 1.27 bits per heavy atom. The van der Waals surface area contributed by atoms with E-state index in [1.54, 1.807) is 30.5 Å². The first-order chi connectivity index (χ1) is 12.6. The van der Waals surface area contributed by atoms with E-state index in [-0.39, 0.29) is 24.2 Å². The van der Waals surface area contributed by atoms with Gasteiger partial charge in [-0.3, -0.25) is 4.79 Å². The van der Waals surface area contributed by atoms with Crippen LogP contribution in [-0.4, -0.2) is 17.5 Å².